The van der Waals surface area contributed by atoms with Crippen LogP contribution in [0.4, 0.5) is 17.1 Å². The van der Waals surface area contributed by atoms with Gasteiger partial charge in [-0.25, -0.2) is 8.42 Å². The van der Waals surface area contributed by atoms with E-state index in [0.29, 0.717) is 11.4 Å². The maximum Gasteiger partial charge on any atom is 0.260 e. The molecule has 0 aliphatic carbocycles. The van der Waals surface area contributed by atoms with E-state index in [1.54, 1.807) is 36.0 Å². The second kappa shape index (κ2) is 9.29. The Balaban J connectivity index is 1.63. The predicted octanol–water partition coefficient (Wildman–Crippen LogP) is 3.97. The largest absolute Gasteiger partial charge is 0.323 e. The van der Waals surface area contributed by atoms with Crippen LogP contribution in [-0.2, 0) is 20.6 Å². The summed E-state index contributed by atoms with van der Waals surface area (Å²) < 4.78 is 25.2. The summed E-state index contributed by atoms with van der Waals surface area (Å²) in [7, 11) is -2.17. The number of nitrogens with one attached hydrogen (secondary N) is 1. The van der Waals surface area contributed by atoms with Crippen LogP contribution in [-0.4, -0.2) is 40.1 Å². The smallest absolute Gasteiger partial charge is 0.260 e. The highest BCUT2D eigenvalue weighted by Gasteiger charge is 2.30. The second-order valence-electron chi connectivity index (χ2n) is 7.64. The van der Waals surface area contributed by atoms with E-state index in [4.69, 9.17) is 0 Å². The number of carbonyl (C=O) groups is 2. The average molecular weight is 482 g/mol. The lowest BCUT2D eigenvalue weighted by Crippen LogP contribution is -2.42. The highest BCUT2D eigenvalue weighted by molar-refractivity contribution is 7.98. The molecule has 0 spiro atoms. The number of amides is 2. The molecule has 0 saturated carbocycles. The van der Waals surface area contributed by atoms with Crippen LogP contribution in [0.1, 0.15) is 15.9 Å². The Bertz CT molecular complexity index is 1310. The Morgan fingerprint density at radius 2 is 1.76 bits per heavy atom. The standard InChI is InChI=1S/C24H23N3O4S2/c1-26(33(2,30)31)21-11-7-6-10-19(21)24(29)27-15-23(28)25-20-14-18(12-13-22(20)27)32-16-17-8-4-3-5-9-17/h3-14H,15-16H2,1-2H3,(H,25,28). The molecule has 1 N–H and O–H groups in total. The van der Waals surface area contributed by atoms with E-state index in [2.05, 4.69) is 17.4 Å². The summed E-state index contributed by atoms with van der Waals surface area (Å²) in [5.74, 6) is 0.0263. The van der Waals surface area contributed by atoms with E-state index in [1.165, 1.54) is 17.5 Å². The molecule has 9 heteroatoms. The van der Waals surface area contributed by atoms with Gasteiger partial charge in [0.2, 0.25) is 15.9 Å². The van der Waals surface area contributed by atoms with Gasteiger partial charge < -0.3 is 5.32 Å². The minimum Gasteiger partial charge on any atom is -0.323 e. The van der Waals surface area contributed by atoms with Crippen molar-refractivity contribution in [3.8, 4) is 0 Å². The summed E-state index contributed by atoms with van der Waals surface area (Å²) in [6.07, 6.45) is 1.08. The Hall–Kier alpha value is -3.30. The third kappa shape index (κ3) is 5.04. The maximum absolute atomic E-state index is 13.5. The fraction of sp³-hybridized carbons (Fsp3) is 0.167. The molecule has 1 aliphatic heterocycles. The topological polar surface area (TPSA) is 86.8 Å². The molecule has 7 nitrogen and oxygen atoms in total. The van der Waals surface area contributed by atoms with E-state index in [1.807, 2.05) is 36.4 Å². The van der Waals surface area contributed by atoms with Crippen molar-refractivity contribution in [3.05, 3.63) is 83.9 Å². The van der Waals surface area contributed by atoms with Crippen molar-refractivity contribution < 1.29 is 18.0 Å². The van der Waals surface area contributed by atoms with Gasteiger partial charge in [-0.05, 0) is 35.9 Å². The van der Waals surface area contributed by atoms with Gasteiger partial charge in [0.25, 0.3) is 5.91 Å². The van der Waals surface area contributed by atoms with Crippen LogP contribution in [0.2, 0.25) is 0 Å². The molecule has 0 atom stereocenters. The molecule has 1 aliphatic rings. The zero-order valence-electron chi connectivity index (χ0n) is 18.2. The number of nitrogens with zero attached hydrogens (tertiary/aromatic N) is 2. The maximum atomic E-state index is 13.5. The number of hydrogen-bond acceptors (Lipinski definition) is 5. The van der Waals surface area contributed by atoms with Gasteiger partial charge in [-0.3, -0.25) is 18.8 Å². The van der Waals surface area contributed by atoms with E-state index < -0.39 is 15.9 Å². The molecule has 3 aromatic rings. The molecule has 3 aromatic carbocycles. The van der Waals surface area contributed by atoms with Gasteiger partial charge in [0.1, 0.15) is 6.54 Å². The van der Waals surface area contributed by atoms with Crippen LogP contribution < -0.4 is 14.5 Å². The quantitative estimate of drug-likeness (QED) is 0.539. The van der Waals surface area contributed by atoms with Crippen LogP contribution in [0, 0.1) is 0 Å². The van der Waals surface area contributed by atoms with Gasteiger partial charge in [-0.2, -0.15) is 0 Å². The Morgan fingerprint density at radius 3 is 2.48 bits per heavy atom. The zero-order chi connectivity index (χ0) is 23.6. The van der Waals surface area contributed by atoms with Gasteiger partial charge in [0.05, 0.1) is 28.9 Å². The Labute approximate surface area is 197 Å². The number of para-hydroxylation sites is 1. The Kier molecular flexibility index (Phi) is 6.44. The van der Waals surface area contributed by atoms with Crippen molar-refractivity contribution in [2.75, 3.05) is 34.4 Å². The van der Waals surface area contributed by atoms with Crippen LogP contribution in [0.5, 0.6) is 0 Å². The lowest BCUT2D eigenvalue weighted by atomic mass is 10.1. The average Bonchev–Trinajstić information content (AvgIpc) is 2.81. The molecular weight excluding hydrogens is 458 g/mol. The summed E-state index contributed by atoms with van der Waals surface area (Å²) in [5.41, 5.74) is 2.76. The Morgan fingerprint density at radius 1 is 1.06 bits per heavy atom. The van der Waals surface area contributed by atoms with E-state index in [9.17, 15) is 18.0 Å². The highest BCUT2D eigenvalue weighted by atomic mass is 32.2. The molecule has 4 rings (SSSR count). The molecule has 0 saturated heterocycles. The summed E-state index contributed by atoms with van der Waals surface area (Å²) >= 11 is 1.63. The predicted molar refractivity (Wildman–Crippen MR) is 132 cm³/mol. The molecule has 0 unspecified atom stereocenters. The molecular formula is C24H23N3O4S2. The van der Waals surface area contributed by atoms with Crippen molar-refractivity contribution in [1.29, 1.82) is 0 Å². The van der Waals surface area contributed by atoms with E-state index in [0.717, 1.165) is 21.2 Å². The van der Waals surface area contributed by atoms with Crippen LogP contribution in [0.25, 0.3) is 0 Å². The third-order valence-corrected chi connectivity index (χ3v) is 7.56. The molecule has 2 amide bonds. The SMILES string of the molecule is CN(c1ccccc1C(=O)N1CC(=O)Nc2cc(SCc3ccccc3)ccc21)S(C)(=O)=O. The second-order valence-corrected chi connectivity index (χ2v) is 10.7. The summed E-state index contributed by atoms with van der Waals surface area (Å²) in [6, 6.07) is 22.1. The van der Waals surface area contributed by atoms with Gasteiger partial charge >= 0.3 is 0 Å². The molecule has 33 heavy (non-hydrogen) atoms. The minimum absolute atomic E-state index is 0.154. The lowest BCUT2D eigenvalue weighted by molar-refractivity contribution is -0.115. The van der Waals surface area contributed by atoms with Gasteiger partial charge in [0, 0.05) is 17.7 Å². The molecule has 0 bridgehead atoms. The first kappa shape index (κ1) is 22.9. The minimum atomic E-state index is -3.57. The molecule has 0 aromatic heterocycles. The zero-order valence-corrected chi connectivity index (χ0v) is 19.8. The fourth-order valence-electron chi connectivity index (χ4n) is 3.53. The molecule has 0 fully saturated rings. The van der Waals surface area contributed by atoms with Crippen molar-refractivity contribution in [1.82, 2.24) is 0 Å². The summed E-state index contributed by atoms with van der Waals surface area (Å²) in [4.78, 5) is 28.2. The number of hydrogen-bond donors (Lipinski definition) is 1. The van der Waals surface area contributed by atoms with Gasteiger partial charge in [-0.15, -0.1) is 11.8 Å². The first-order chi connectivity index (χ1) is 15.7. The first-order valence-corrected chi connectivity index (χ1v) is 13.0. The number of fused-ring (bicyclic) bond motifs is 1. The number of carbonyl (C=O) groups excluding carboxylic acids is 2. The van der Waals surface area contributed by atoms with Gasteiger partial charge in [-0.1, -0.05) is 42.5 Å². The molecule has 1 heterocycles. The normalized spacial score (nSPS) is 13.3. The number of anilines is 3. The summed E-state index contributed by atoms with van der Waals surface area (Å²) in [5, 5.41) is 2.84. The lowest BCUT2D eigenvalue weighted by Gasteiger charge is -2.31. The highest BCUT2D eigenvalue weighted by Crippen LogP contribution is 2.36. The van der Waals surface area contributed by atoms with Crippen molar-refractivity contribution in [2.24, 2.45) is 0 Å². The summed E-state index contributed by atoms with van der Waals surface area (Å²) in [6.45, 7) is -0.154. The number of benzene rings is 3. The van der Waals surface area contributed by atoms with Crippen LogP contribution in [0.3, 0.4) is 0 Å². The van der Waals surface area contributed by atoms with Crippen LogP contribution >= 0.6 is 11.8 Å². The fourth-order valence-corrected chi connectivity index (χ4v) is 4.94. The molecule has 0 radical (unpaired) electrons. The number of rotatable bonds is 6. The molecule has 170 valence electrons. The van der Waals surface area contributed by atoms with Crippen LogP contribution in [0.15, 0.2) is 77.7 Å². The monoisotopic (exact) mass is 481 g/mol. The van der Waals surface area contributed by atoms with Crippen molar-refractivity contribution >= 4 is 50.7 Å². The number of sulfonamides is 1. The van der Waals surface area contributed by atoms with Gasteiger partial charge in [0.15, 0.2) is 0 Å². The third-order valence-electron chi connectivity index (χ3n) is 5.30. The first-order valence-electron chi connectivity index (χ1n) is 10.2. The van der Waals surface area contributed by atoms with Crippen molar-refractivity contribution in [2.45, 2.75) is 10.6 Å². The van der Waals surface area contributed by atoms with E-state index >= 15 is 0 Å². The van der Waals surface area contributed by atoms with Crippen molar-refractivity contribution in [3.63, 3.8) is 0 Å². The number of thioether (sulfide) groups is 1. The van der Waals surface area contributed by atoms with E-state index in [-0.39, 0.29) is 23.7 Å².